The molecule has 26 heavy (non-hydrogen) atoms. The van der Waals surface area contributed by atoms with Crippen LogP contribution in [0.3, 0.4) is 0 Å². The Morgan fingerprint density at radius 1 is 1.42 bits per heavy atom. The fourth-order valence-electron chi connectivity index (χ4n) is 2.33. The van der Waals surface area contributed by atoms with Crippen molar-refractivity contribution in [1.29, 1.82) is 0 Å². The highest BCUT2D eigenvalue weighted by Gasteiger charge is 2.16. The average Bonchev–Trinajstić information content (AvgIpc) is 3.26. The Kier molecular flexibility index (Phi) is 5.79. The van der Waals surface area contributed by atoms with E-state index in [1.54, 1.807) is 42.1 Å². The number of methoxy groups -OCH3 is 1. The molecule has 9 heteroatoms. The standard InChI is InChI=1S/C17H16BrFN4O3/c1-25-8-6-20-15(24)10-23-7-2-3-14(23)17-21-16(22-26-17)11-4-5-13(19)12(18)9-11/h2-5,7,9H,6,8,10H2,1H3,(H,20,24). The van der Waals surface area contributed by atoms with Crippen LogP contribution in [-0.2, 0) is 16.1 Å². The van der Waals surface area contributed by atoms with Gasteiger partial charge in [-0.1, -0.05) is 5.16 Å². The number of halogens is 2. The second-order valence-corrected chi connectivity index (χ2v) is 6.27. The quantitative estimate of drug-likeness (QED) is 0.591. The van der Waals surface area contributed by atoms with Gasteiger partial charge in [0.15, 0.2) is 0 Å². The second kappa shape index (κ2) is 8.24. The molecule has 2 heterocycles. The molecule has 1 aromatic carbocycles. The topological polar surface area (TPSA) is 82.2 Å². The van der Waals surface area contributed by atoms with Crippen LogP contribution in [0.15, 0.2) is 45.5 Å². The first-order chi connectivity index (χ1) is 12.6. The van der Waals surface area contributed by atoms with Crippen LogP contribution in [0.4, 0.5) is 4.39 Å². The number of carbonyl (C=O) groups is 1. The van der Waals surface area contributed by atoms with Crippen molar-refractivity contribution in [3.05, 3.63) is 46.8 Å². The van der Waals surface area contributed by atoms with Gasteiger partial charge in [0.25, 0.3) is 5.89 Å². The number of hydrogen-bond donors (Lipinski definition) is 1. The fraction of sp³-hybridized carbons (Fsp3) is 0.235. The summed E-state index contributed by atoms with van der Waals surface area (Å²) in [4.78, 5) is 16.3. The number of rotatable bonds is 7. The van der Waals surface area contributed by atoms with Crippen LogP contribution in [0.1, 0.15) is 0 Å². The van der Waals surface area contributed by atoms with Crippen molar-refractivity contribution < 1.29 is 18.4 Å². The lowest BCUT2D eigenvalue weighted by Crippen LogP contribution is -2.30. The molecule has 0 aliphatic carbocycles. The van der Waals surface area contributed by atoms with Crippen molar-refractivity contribution in [2.24, 2.45) is 0 Å². The minimum Gasteiger partial charge on any atom is -0.383 e. The molecule has 0 atom stereocenters. The zero-order chi connectivity index (χ0) is 18.5. The summed E-state index contributed by atoms with van der Waals surface area (Å²) in [6, 6.07) is 8.03. The van der Waals surface area contributed by atoms with E-state index in [9.17, 15) is 9.18 Å². The number of aromatic nitrogens is 3. The van der Waals surface area contributed by atoms with E-state index in [0.717, 1.165) is 0 Å². The maximum Gasteiger partial charge on any atom is 0.274 e. The molecule has 1 amide bonds. The molecule has 0 fully saturated rings. The molecule has 0 unspecified atom stereocenters. The third-order valence-corrected chi connectivity index (χ3v) is 4.20. The van der Waals surface area contributed by atoms with E-state index < -0.39 is 0 Å². The summed E-state index contributed by atoms with van der Waals surface area (Å²) < 4.78 is 25.6. The molecule has 0 radical (unpaired) electrons. The normalized spacial score (nSPS) is 10.9. The second-order valence-electron chi connectivity index (χ2n) is 5.42. The highest BCUT2D eigenvalue weighted by molar-refractivity contribution is 9.10. The zero-order valence-corrected chi connectivity index (χ0v) is 15.5. The summed E-state index contributed by atoms with van der Waals surface area (Å²) in [7, 11) is 1.57. The van der Waals surface area contributed by atoms with Crippen molar-refractivity contribution >= 4 is 21.8 Å². The third kappa shape index (κ3) is 4.17. The van der Waals surface area contributed by atoms with Crippen molar-refractivity contribution in [3.8, 4) is 23.0 Å². The Morgan fingerprint density at radius 2 is 2.27 bits per heavy atom. The lowest BCUT2D eigenvalue weighted by atomic mass is 10.2. The van der Waals surface area contributed by atoms with Gasteiger partial charge in [-0.05, 0) is 46.3 Å². The predicted octanol–water partition coefficient (Wildman–Crippen LogP) is 2.87. The molecule has 136 valence electrons. The van der Waals surface area contributed by atoms with Crippen LogP contribution in [0.5, 0.6) is 0 Å². The average molecular weight is 423 g/mol. The van der Waals surface area contributed by atoms with Gasteiger partial charge >= 0.3 is 0 Å². The van der Waals surface area contributed by atoms with Gasteiger partial charge in [0.2, 0.25) is 11.7 Å². The Bertz CT molecular complexity index is 909. The molecular formula is C17H16BrFN4O3. The fourth-order valence-corrected chi connectivity index (χ4v) is 2.71. The molecule has 0 spiro atoms. The summed E-state index contributed by atoms with van der Waals surface area (Å²) in [5.41, 5.74) is 1.23. The molecule has 0 aliphatic rings. The van der Waals surface area contributed by atoms with Crippen LogP contribution < -0.4 is 5.32 Å². The summed E-state index contributed by atoms with van der Waals surface area (Å²) in [6.45, 7) is 1.01. The number of ether oxygens (including phenoxy) is 1. The van der Waals surface area contributed by atoms with Crippen LogP contribution in [0.25, 0.3) is 23.0 Å². The van der Waals surface area contributed by atoms with Crippen molar-refractivity contribution in [3.63, 3.8) is 0 Å². The lowest BCUT2D eigenvalue weighted by molar-refractivity contribution is -0.121. The first-order valence-electron chi connectivity index (χ1n) is 7.79. The Morgan fingerprint density at radius 3 is 3.04 bits per heavy atom. The number of benzene rings is 1. The van der Waals surface area contributed by atoms with Gasteiger partial charge in [-0.3, -0.25) is 4.79 Å². The highest BCUT2D eigenvalue weighted by Crippen LogP contribution is 2.26. The van der Waals surface area contributed by atoms with Crippen LogP contribution in [-0.4, -0.2) is 40.9 Å². The lowest BCUT2D eigenvalue weighted by Gasteiger charge is -2.07. The molecule has 0 bridgehead atoms. The molecule has 2 aromatic heterocycles. The summed E-state index contributed by atoms with van der Waals surface area (Å²) in [6.07, 6.45) is 1.75. The SMILES string of the molecule is COCCNC(=O)Cn1cccc1-c1nc(-c2ccc(F)c(Br)c2)no1. The Balaban J connectivity index is 1.77. The van der Waals surface area contributed by atoms with Gasteiger partial charge in [-0.2, -0.15) is 4.98 Å². The van der Waals surface area contributed by atoms with Gasteiger partial charge in [0.05, 0.1) is 11.1 Å². The molecule has 0 saturated carbocycles. The first-order valence-corrected chi connectivity index (χ1v) is 8.58. The molecule has 1 N–H and O–H groups in total. The maximum absolute atomic E-state index is 13.4. The number of amides is 1. The number of nitrogens with zero attached hydrogens (tertiary/aromatic N) is 3. The summed E-state index contributed by atoms with van der Waals surface area (Å²) in [5, 5.41) is 6.69. The molecule has 7 nitrogen and oxygen atoms in total. The predicted molar refractivity (Wildman–Crippen MR) is 95.7 cm³/mol. The van der Waals surface area contributed by atoms with Gasteiger partial charge in [0.1, 0.15) is 18.1 Å². The number of nitrogens with one attached hydrogen (secondary N) is 1. The minimum absolute atomic E-state index is 0.117. The highest BCUT2D eigenvalue weighted by atomic mass is 79.9. The third-order valence-electron chi connectivity index (χ3n) is 3.59. The molecule has 0 aliphatic heterocycles. The van der Waals surface area contributed by atoms with Crippen LogP contribution >= 0.6 is 15.9 Å². The molecule has 3 aromatic rings. The Labute approximate surface area is 157 Å². The minimum atomic E-state index is -0.370. The Hall–Kier alpha value is -2.52. The van der Waals surface area contributed by atoms with E-state index in [1.165, 1.54) is 6.07 Å². The van der Waals surface area contributed by atoms with Gasteiger partial charge < -0.3 is 19.1 Å². The number of carbonyl (C=O) groups excluding carboxylic acids is 1. The van der Waals surface area contributed by atoms with Gasteiger partial charge in [0, 0.05) is 25.4 Å². The van der Waals surface area contributed by atoms with Gasteiger partial charge in [-0.25, -0.2) is 4.39 Å². The number of hydrogen-bond acceptors (Lipinski definition) is 5. The van der Waals surface area contributed by atoms with Crippen molar-refractivity contribution in [2.75, 3.05) is 20.3 Å². The van der Waals surface area contributed by atoms with Crippen molar-refractivity contribution in [2.45, 2.75) is 6.54 Å². The molecule has 0 saturated heterocycles. The zero-order valence-electron chi connectivity index (χ0n) is 13.9. The molecule has 3 rings (SSSR count). The van der Waals surface area contributed by atoms with E-state index in [2.05, 4.69) is 31.4 Å². The monoisotopic (exact) mass is 422 g/mol. The van der Waals surface area contributed by atoms with E-state index in [4.69, 9.17) is 9.26 Å². The first kappa shape index (κ1) is 18.3. The summed E-state index contributed by atoms with van der Waals surface area (Å²) in [5.74, 6) is 0.0840. The maximum atomic E-state index is 13.4. The molecular weight excluding hydrogens is 407 g/mol. The van der Waals surface area contributed by atoms with Crippen molar-refractivity contribution in [1.82, 2.24) is 20.0 Å². The van der Waals surface area contributed by atoms with E-state index in [1.807, 2.05) is 0 Å². The largest absolute Gasteiger partial charge is 0.383 e. The van der Waals surface area contributed by atoms with E-state index >= 15 is 0 Å². The van der Waals surface area contributed by atoms with Crippen LogP contribution in [0.2, 0.25) is 0 Å². The van der Waals surface area contributed by atoms with E-state index in [0.29, 0.717) is 34.7 Å². The summed E-state index contributed by atoms with van der Waals surface area (Å²) >= 11 is 3.13. The van der Waals surface area contributed by atoms with Gasteiger partial charge in [-0.15, -0.1) is 0 Å². The van der Waals surface area contributed by atoms with E-state index in [-0.39, 0.29) is 24.2 Å². The smallest absolute Gasteiger partial charge is 0.274 e. The van der Waals surface area contributed by atoms with Crippen LogP contribution in [0, 0.1) is 5.82 Å².